The van der Waals surface area contributed by atoms with E-state index in [2.05, 4.69) is 39.9 Å². The minimum absolute atomic E-state index is 0.405. The maximum atomic E-state index is 8.98. The lowest BCUT2D eigenvalue weighted by Crippen LogP contribution is -1.94. The van der Waals surface area contributed by atoms with Crippen LogP contribution in [-0.4, -0.2) is 4.98 Å². The number of hydrogen-bond donors (Lipinski definition) is 1. The van der Waals surface area contributed by atoms with Gasteiger partial charge in [0.15, 0.2) is 5.69 Å². The molecule has 18 heavy (non-hydrogen) atoms. The van der Waals surface area contributed by atoms with E-state index < -0.39 is 0 Å². The highest BCUT2D eigenvalue weighted by molar-refractivity contribution is 7.17. The second-order valence-electron chi connectivity index (χ2n) is 3.81. The highest BCUT2D eigenvalue weighted by Gasteiger charge is 2.03. The zero-order chi connectivity index (χ0) is 12.4. The van der Waals surface area contributed by atoms with E-state index in [9.17, 15) is 0 Å². The van der Waals surface area contributed by atoms with Crippen LogP contribution in [0, 0.1) is 11.3 Å². The molecule has 3 nitrogen and oxygen atoms in total. The SMILES string of the molecule is N#Cc1ncccc1Nc1ccc2sccc2c1. The van der Waals surface area contributed by atoms with Gasteiger partial charge in [0.1, 0.15) is 6.07 Å². The fraction of sp³-hybridized carbons (Fsp3) is 0. The summed E-state index contributed by atoms with van der Waals surface area (Å²) in [6.45, 7) is 0. The minimum Gasteiger partial charge on any atom is -0.353 e. The summed E-state index contributed by atoms with van der Waals surface area (Å²) in [5.41, 5.74) is 2.10. The molecule has 0 atom stereocenters. The van der Waals surface area contributed by atoms with Gasteiger partial charge in [0.25, 0.3) is 0 Å². The summed E-state index contributed by atoms with van der Waals surface area (Å²) in [5.74, 6) is 0. The Bertz CT molecular complexity index is 740. The lowest BCUT2D eigenvalue weighted by Gasteiger charge is -2.07. The van der Waals surface area contributed by atoms with Crippen LogP contribution in [-0.2, 0) is 0 Å². The lowest BCUT2D eigenvalue weighted by molar-refractivity contribution is 1.26. The largest absolute Gasteiger partial charge is 0.353 e. The molecule has 0 unspecified atom stereocenters. The Morgan fingerprint density at radius 1 is 1.22 bits per heavy atom. The Hall–Kier alpha value is -2.38. The van der Waals surface area contributed by atoms with Crippen molar-refractivity contribution in [2.45, 2.75) is 0 Å². The molecule has 0 aliphatic heterocycles. The van der Waals surface area contributed by atoms with E-state index in [0.717, 1.165) is 11.4 Å². The van der Waals surface area contributed by atoms with Crippen LogP contribution in [0.25, 0.3) is 10.1 Å². The fourth-order valence-corrected chi connectivity index (χ4v) is 2.57. The molecule has 0 fully saturated rings. The molecule has 2 heterocycles. The van der Waals surface area contributed by atoms with E-state index in [1.165, 1.54) is 10.1 Å². The molecule has 4 heteroatoms. The molecule has 0 bridgehead atoms. The van der Waals surface area contributed by atoms with Crippen molar-refractivity contribution in [3.05, 3.63) is 53.7 Å². The molecule has 2 aromatic heterocycles. The number of hydrogen-bond acceptors (Lipinski definition) is 4. The third-order valence-electron chi connectivity index (χ3n) is 2.65. The first-order valence-corrected chi connectivity index (χ1v) is 6.34. The standard InChI is InChI=1S/C14H9N3S/c15-9-13-12(2-1-6-16-13)17-11-3-4-14-10(8-11)5-7-18-14/h1-8,17H. The first-order valence-electron chi connectivity index (χ1n) is 5.46. The third kappa shape index (κ3) is 1.92. The fourth-order valence-electron chi connectivity index (χ4n) is 1.80. The summed E-state index contributed by atoms with van der Waals surface area (Å²) in [5, 5.41) is 15.5. The van der Waals surface area contributed by atoms with Crippen molar-refractivity contribution in [2.75, 3.05) is 5.32 Å². The molecule has 0 saturated heterocycles. The molecule has 86 valence electrons. The van der Waals surface area contributed by atoms with Crippen LogP contribution in [0.5, 0.6) is 0 Å². The summed E-state index contributed by atoms with van der Waals surface area (Å²) in [6.07, 6.45) is 1.62. The van der Waals surface area contributed by atoms with Gasteiger partial charge in [-0.2, -0.15) is 5.26 Å². The van der Waals surface area contributed by atoms with Crippen molar-refractivity contribution >= 4 is 32.8 Å². The number of pyridine rings is 1. The molecule has 0 aliphatic carbocycles. The van der Waals surface area contributed by atoms with Gasteiger partial charge in [-0.3, -0.25) is 0 Å². The molecule has 3 rings (SSSR count). The van der Waals surface area contributed by atoms with Gasteiger partial charge in [0, 0.05) is 16.6 Å². The van der Waals surface area contributed by atoms with E-state index in [0.29, 0.717) is 5.69 Å². The van der Waals surface area contributed by atoms with E-state index in [4.69, 9.17) is 5.26 Å². The molecule has 1 aromatic carbocycles. The second kappa shape index (κ2) is 4.47. The zero-order valence-corrected chi connectivity index (χ0v) is 10.2. The minimum atomic E-state index is 0.405. The van der Waals surface area contributed by atoms with Crippen molar-refractivity contribution in [1.82, 2.24) is 4.98 Å². The smallest absolute Gasteiger partial charge is 0.163 e. The summed E-state index contributed by atoms with van der Waals surface area (Å²) < 4.78 is 1.26. The number of benzene rings is 1. The molecule has 0 aliphatic rings. The van der Waals surface area contributed by atoms with Gasteiger partial charge < -0.3 is 5.32 Å². The normalized spacial score (nSPS) is 10.2. The van der Waals surface area contributed by atoms with Crippen LogP contribution in [0.2, 0.25) is 0 Å². The van der Waals surface area contributed by atoms with E-state index >= 15 is 0 Å². The van der Waals surface area contributed by atoms with E-state index in [-0.39, 0.29) is 0 Å². The number of thiophene rings is 1. The number of aromatic nitrogens is 1. The molecule has 0 saturated carbocycles. The summed E-state index contributed by atoms with van der Waals surface area (Å²) >= 11 is 1.72. The number of anilines is 2. The topological polar surface area (TPSA) is 48.7 Å². The van der Waals surface area contributed by atoms with Gasteiger partial charge in [-0.25, -0.2) is 4.98 Å². The Labute approximate surface area is 108 Å². The molecule has 0 radical (unpaired) electrons. The van der Waals surface area contributed by atoms with Crippen LogP contribution in [0.3, 0.4) is 0 Å². The Kier molecular flexibility index (Phi) is 2.67. The number of nitrogens with zero attached hydrogens (tertiary/aromatic N) is 2. The zero-order valence-electron chi connectivity index (χ0n) is 9.42. The number of nitriles is 1. The van der Waals surface area contributed by atoms with Crippen LogP contribution < -0.4 is 5.32 Å². The van der Waals surface area contributed by atoms with E-state index in [1.54, 1.807) is 17.5 Å². The average Bonchev–Trinajstić information content (AvgIpc) is 2.87. The Morgan fingerprint density at radius 2 is 2.17 bits per heavy atom. The number of rotatable bonds is 2. The lowest BCUT2D eigenvalue weighted by atomic mass is 10.2. The summed E-state index contributed by atoms with van der Waals surface area (Å²) in [7, 11) is 0. The summed E-state index contributed by atoms with van der Waals surface area (Å²) in [6, 6.07) is 14.0. The second-order valence-corrected chi connectivity index (χ2v) is 4.76. The number of nitrogens with one attached hydrogen (secondary N) is 1. The quantitative estimate of drug-likeness (QED) is 0.751. The maximum Gasteiger partial charge on any atom is 0.163 e. The highest BCUT2D eigenvalue weighted by atomic mass is 32.1. The van der Waals surface area contributed by atoms with Gasteiger partial charge in [-0.05, 0) is 47.2 Å². The molecule has 0 spiro atoms. The van der Waals surface area contributed by atoms with E-state index in [1.807, 2.05) is 18.2 Å². The molecular weight excluding hydrogens is 242 g/mol. The van der Waals surface area contributed by atoms with Gasteiger partial charge in [-0.1, -0.05) is 0 Å². The molecular formula is C14H9N3S. The van der Waals surface area contributed by atoms with Crippen LogP contribution >= 0.6 is 11.3 Å². The monoisotopic (exact) mass is 251 g/mol. The molecule has 1 N–H and O–H groups in total. The van der Waals surface area contributed by atoms with Gasteiger partial charge in [0.2, 0.25) is 0 Å². The van der Waals surface area contributed by atoms with Gasteiger partial charge in [-0.15, -0.1) is 11.3 Å². The predicted octanol–water partition coefficient (Wildman–Crippen LogP) is 3.91. The highest BCUT2D eigenvalue weighted by Crippen LogP contribution is 2.26. The average molecular weight is 251 g/mol. The van der Waals surface area contributed by atoms with Crippen LogP contribution in [0.4, 0.5) is 11.4 Å². The van der Waals surface area contributed by atoms with Crippen molar-refractivity contribution in [3.8, 4) is 6.07 Å². The summed E-state index contributed by atoms with van der Waals surface area (Å²) in [4.78, 5) is 4.02. The van der Waals surface area contributed by atoms with Crippen LogP contribution in [0.1, 0.15) is 5.69 Å². The Morgan fingerprint density at radius 3 is 3.06 bits per heavy atom. The van der Waals surface area contributed by atoms with Gasteiger partial charge >= 0.3 is 0 Å². The first-order chi connectivity index (χ1) is 8.86. The maximum absolute atomic E-state index is 8.98. The van der Waals surface area contributed by atoms with Crippen LogP contribution in [0.15, 0.2) is 48.0 Å². The van der Waals surface area contributed by atoms with Gasteiger partial charge in [0.05, 0.1) is 5.69 Å². The molecule has 0 amide bonds. The third-order valence-corrected chi connectivity index (χ3v) is 3.54. The molecule has 3 aromatic rings. The Balaban J connectivity index is 1.98. The predicted molar refractivity (Wildman–Crippen MR) is 74.1 cm³/mol. The van der Waals surface area contributed by atoms with Crippen molar-refractivity contribution < 1.29 is 0 Å². The van der Waals surface area contributed by atoms with Crippen molar-refractivity contribution in [2.24, 2.45) is 0 Å². The first kappa shape index (κ1) is 10.8. The van der Waals surface area contributed by atoms with Crippen molar-refractivity contribution in [3.63, 3.8) is 0 Å². The number of fused-ring (bicyclic) bond motifs is 1. The van der Waals surface area contributed by atoms with Crippen molar-refractivity contribution in [1.29, 1.82) is 5.26 Å².